The molecule has 1 aromatic rings. The summed E-state index contributed by atoms with van der Waals surface area (Å²) in [6, 6.07) is 7.87. The summed E-state index contributed by atoms with van der Waals surface area (Å²) in [6.45, 7) is 2.04. The van der Waals surface area contributed by atoms with Crippen LogP contribution in [-0.2, 0) is 0 Å². The summed E-state index contributed by atoms with van der Waals surface area (Å²) in [6.07, 6.45) is 5.37. The van der Waals surface area contributed by atoms with E-state index in [2.05, 4.69) is 17.5 Å². The van der Waals surface area contributed by atoms with Crippen molar-refractivity contribution in [3.8, 4) is 11.5 Å². The Morgan fingerprint density at radius 3 is 2.94 bits per heavy atom. The summed E-state index contributed by atoms with van der Waals surface area (Å²) >= 11 is 0. The maximum absolute atomic E-state index is 6.08. The monoisotopic (exact) mass is 241 g/mol. The Bertz CT molecular complexity index is 547. The first-order chi connectivity index (χ1) is 8.92. The van der Waals surface area contributed by atoms with Gasteiger partial charge in [0.05, 0.1) is 0 Å². The van der Waals surface area contributed by atoms with Crippen LogP contribution in [0.25, 0.3) is 0 Å². The Balaban J connectivity index is 1.78. The first-order valence-corrected chi connectivity index (χ1v) is 6.47. The molecule has 0 spiro atoms. The van der Waals surface area contributed by atoms with Crippen molar-refractivity contribution in [1.82, 2.24) is 5.32 Å². The van der Waals surface area contributed by atoms with Gasteiger partial charge in [-0.1, -0.05) is 18.2 Å². The van der Waals surface area contributed by atoms with Crippen molar-refractivity contribution < 1.29 is 9.47 Å². The molecule has 0 amide bonds. The molecule has 1 saturated heterocycles. The lowest BCUT2D eigenvalue weighted by Crippen LogP contribution is -2.38. The fourth-order valence-corrected chi connectivity index (χ4v) is 2.89. The second kappa shape index (κ2) is 3.89. The number of fused-ring (bicyclic) bond motifs is 3. The average Bonchev–Trinajstić information content (AvgIpc) is 2.45. The predicted octanol–water partition coefficient (Wildman–Crippen LogP) is 2.26. The normalized spacial score (nSPS) is 28.7. The third-order valence-electron chi connectivity index (χ3n) is 3.80. The Kier molecular flexibility index (Phi) is 2.20. The molecule has 1 aromatic carbocycles. The van der Waals surface area contributed by atoms with Crippen molar-refractivity contribution in [3.63, 3.8) is 0 Å². The van der Waals surface area contributed by atoms with E-state index in [1.54, 1.807) is 0 Å². The molecule has 2 heterocycles. The second-order valence-electron chi connectivity index (χ2n) is 4.92. The highest BCUT2D eigenvalue weighted by Gasteiger charge is 2.33. The van der Waals surface area contributed by atoms with Crippen LogP contribution in [-0.4, -0.2) is 19.2 Å². The zero-order chi connectivity index (χ0) is 11.9. The molecular weight excluding hydrogens is 226 g/mol. The van der Waals surface area contributed by atoms with E-state index < -0.39 is 0 Å². The molecule has 0 radical (unpaired) electrons. The topological polar surface area (TPSA) is 30.5 Å². The highest BCUT2D eigenvalue weighted by Crippen LogP contribution is 2.40. The van der Waals surface area contributed by atoms with Crippen LogP contribution in [0.3, 0.4) is 0 Å². The SMILES string of the molecule is C1=CC2Oc3ccccc3OC2=C2CCNCC12. The van der Waals surface area contributed by atoms with E-state index in [1.165, 1.54) is 5.57 Å². The Morgan fingerprint density at radius 1 is 1.11 bits per heavy atom. The minimum Gasteiger partial charge on any atom is -0.474 e. The maximum Gasteiger partial charge on any atom is 0.174 e. The third kappa shape index (κ3) is 1.47. The molecule has 3 heteroatoms. The lowest BCUT2D eigenvalue weighted by Gasteiger charge is -2.35. The zero-order valence-corrected chi connectivity index (χ0v) is 10.1. The predicted molar refractivity (Wildman–Crippen MR) is 68.6 cm³/mol. The highest BCUT2D eigenvalue weighted by atomic mass is 16.6. The first kappa shape index (κ1) is 10.2. The standard InChI is InChI=1S/C15H15NO2/c1-2-4-13-12(3-1)17-14-6-5-10-9-16-8-7-11(10)15(14)18-13/h1-6,10,14,16H,7-9H2. The van der Waals surface area contributed by atoms with Crippen LogP contribution in [0.15, 0.2) is 47.7 Å². The molecule has 4 rings (SSSR count). The van der Waals surface area contributed by atoms with Crippen LogP contribution in [0.2, 0.25) is 0 Å². The minimum atomic E-state index is -0.0377. The maximum atomic E-state index is 6.08. The van der Waals surface area contributed by atoms with E-state index >= 15 is 0 Å². The van der Waals surface area contributed by atoms with Crippen molar-refractivity contribution in [3.05, 3.63) is 47.7 Å². The van der Waals surface area contributed by atoms with Crippen LogP contribution >= 0.6 is 0 Å². The summed E-state index contributed by atoms with van der Waals surface area (Å²) in [5.74, 6) is 3.16. The average molecular weight is 241 g/mol. The smallest absolute Gasteiger partial charge is 0.174 e. The van der Waals surface area contributed by atoms with E-state index in [0.717, 1.165) is 36.8 Å². The van der Waals surface area contributed by atoms with Crippen LogP contribution in [0, 0.1) is 5.92 Å². The molecule has 0 saturated carbocycles. The zero-order valence-electron chi connectivity index (χ0n) is 10.1. The molecule has 3 nitrogen and oxygen atoms in total. The molecule has 2 atom stereocenters. The number of rotatable bonds is 0. The molecule has 1 fully saturated rings. The molecule has 3 aliphatic rings. The second-order valence-corrected chi connectivity index (χ2v) is 4.92. The van der Waals surface area contributed by atoms with Gasteiger partial charge in [0.25, 0.3) is 0 Å². The van der Waals surface area contributed by atoms with Gasteiger partial charge in [-0.25, -0.2) is 0 Å². The van der Waals surface area contributed by atoms with Crippen LogP contribution in [0.1, 0.15) is 6.42 Å². The van der Waals surface area contributed by atoms with Crippen molar-refractivity contribution in [2.24, 2.45) is 5.92 Å². The number of benzene rings is 1. The molecule has 0 bridgehead atoms. The Morgan fingerprint density at radius 2 is 2.00 bits per heavy atom. The molecule has 18 heavy (non-hydrogen) atoms. The fourth-order valence-electron chi connectivity index (χ4n) is 2.89. The van der Waals surface area contributed by atoms with E-state index in [0.29, 0.717) is 5.92 Å². The lowest BCUT2D eigenvalue weighted by molar-refractivity contribution is 0.170. The van der Waals surface area contributed by atoms with Crippen LogP contribution in [0.5, 0.6) is 11.5 Å². The van der Waals surface area contributed by atoms with Crippen molar-refractivity contribution in [2.75, 3.05) is 13.1 Å². The Labute approximate surface area is 106 Å². The molecule has 2 aliphatic heterocycles. The fraction of sp³-hybridized carbons (Fsp3) is 0.333. The summed E-state index contributed by atoms with van der Waals surface area (Å²) in [7, 11) is 0. The number of nitrogens with one attached hydrogen (secondary N) is 1. The van der Waals surface area contributed by atoms with Crippen molar-refractivity contribution >= 4 is 0 Å². The van der Waals surface area contributed by atoms with Crippen molar-refractivity contribution in [1.29, 1.82) is 0 Å². The van der Waals surface area contributed by atoms with Crippen molar-refractivity contribution in [2.45, 2.75) is 12.5 Å². The molecule has 92 valence electrons. The minimum absolute atomic E-state index is 0.0377. The van der Waals surface area contributed by atoms with Gasteiger partial charge >= 0.3 is 0 Å². The molecule has 0 aromatic heterocycles. The number of piperidine rings is 1. The van der Waals surface area contributed by atoms with Gasteiger partial charge in [0.1, 0.15) is 5.76 Å². The van der Waals surface area contributed by atoms with Gasteiger partial charge in [-0.05, 0) is 36.7 Å². The number of hydrogen-bond acceptors (Lipinski definition) is 3. The van der Waals surface area contributed by atoms with Gasteiger partial charge in [0.15, 0.2) is 17.6 Å². The molecular formula is C15H15NO2. The third-order valence-corrected chi connectivity index (χ3v) is 3.80. The summed E-state index contributed by atoms with van der Waals surface area (Å²) in [5, 5.41) is 3.42. The lowest BCUT2D eigenvalue weighted by atomic mass is 9.86. The number of ether oxygens (including phenoxy) is 2. The van der Waals surface area contributed by atoms with Crippen LogP contribution in [0.4, 0.5) is 0 Å². The summed E-state index contributed by atoms with van der Waals surface area (Å²) in [4.78, 5) is 0. The highest BCUT2D eigenvalue weighted by molar-refractivity contribution is 5.46. The van der Waals surface area contributed by atoms with Gasteiger partial charge in [-0.15, -0.1) is 0 Å². The Hall–Kier alpha value is -1.74. The first-order valence-electron chi connectivity index (χ1n) is 6.47. The number of hydrogen-bond donors (Lipinski definition) is 1. The molecule has 2 unspecified atom stereocenters. The van der Waals surface area contributed by atoms with Crippen LogP contribution < -0.4 is 14.8 Å². The van der Waals surface area contributed by atoms with Gasteiger partial charge in [0.2, 0.25) is 0 Å². The molecule has 1 N–H and O–H groups in total. The summed E-state index contributed by atoms with van der Waals surface area (Å²) in [5.41, 5.74) is 1.40. The van der Waals surface area contributed by atoms with Gasteiger partial charge in [-0.3, -0.25) is 0 Å². The van der Waals surface area contributed by atoms with Gasteiger partial charge in [0, 0.05) is 12.5 Å². The summed E-state index contributed by atoms with van der Waals surface area (Å²) < 4.78 is 12.1. The van der Waals surface area contributed by atoms with E-state index in [9.17, 15) is 0 Å². The van der Waals surface area contributed by atoms with Gasteiger partial charge in [-0.2, -0.15) is 0 Å². The van der Waals surface area contributed by atoms with E-state index in [1.807, 2.05) is 24.3 Å². The molecule has 1 aliphatic carbocycles. The van der Waals surface area contributed by atoms with E-state index in [4.69, 9.17) is 9.47 Å². The van der Waals surface area contributed by atoms with E-state index in [-0.39, 0.29) is 6.10 Å². The quantitative estimate of drug-likeness (QED) is 0.707. The van der Waals surface area contributed by atoms with Gasteiger partial charge < -0.3 is 14.8 Å². The number of para-hydroxylation sites is 2. The largest absolute Gasteiger partial charge is 0.474 e.